The van der Waals surface area contributed by atoms with Gasteiger partial charge in [-0.2, -0.15) is 0 Å². The topological polar surface area (TPSA) is 0 Å². The Balaban J connectivity index is 3.20. The summed E-state index contributed by atoms with van der Waals surface area (Å²) in [4.78, 5) is 0. The van der Waals surface area contributed by atoms with E-state index in [9.17, 15) is 0 Å². The van der Waals surface area contributed by atoms with Crippen molar-refractivity contribution in [3.8, 4) is 11.1 Å². The molecule has 2 atom stereocenters. The maximum Gasteiger partial charge on any atom is -0.00653 e. The van der Waals surface area contributed by atoms with Crippen molar-refractivity contribution in [2.45, 2.75) is 119 Å². The first-order valence-electron chi connectivity index (χ1n) is 12.6. The molecule has 0 amide bonds. The van der Waals surface area contributed by atoms with Crippen molar-refractivity contribution in [1.29, 1.82) is 0 Å². The van der Waals surface area contributed by atoms with Crippen LogP contribution in [0.15, 0.2) is 12.1 Å². The van der Waals surface area contributed by atoms with Crippen molar-refractivity contribution >= 4 is 29.1 Å². The highest BCUT2D eigenvalue weighted by Gasteiger charge is 2.28. The third-order valence-corrected chi connectivity index (χ3v) is 7.65. The molecule has 2 unspecified atom stereocenters. The number of benzene rings is 2. The second-order valence-electron chi connectivity index (χ2n) is 11.4. The highest BCUT2D eigenvalue weighted by atomic mass is 31.0. The van der Waals surface area contributed by atoms with E-state index in [1.807, 2.05) is 0 Å². The van der Waals surface area contributed by atoms with Gasteiger partial charge in [-0.1, -0.05) is 95.2 Å². The molecule has 2 heteroatoms. The fourth-order valence-corrected chi connectivity index (χ4v) is 6.49. The minimum atomic E-state index is 0.470. The molecule has 32 heavy (non-hydrogen) atoms. The minimum absolute atomic E-state index is 0.470. The van der Waals surface area contributed by atoms with Crippen LogP contribution in [-0.2, 0) is 0 Å². The van der Waals surface area contributed by atoms with Gasteiger partial charge in [-0.3, -0.25) is 0 Å². The van der Waals surface area contributed by atoms with Crippen molar-refractivity contribution in [1.82, 2.24) is 0 Å². The lowest BCUT2D eigenvalue weighted by molar-refractivity contribution is 0.745. The molecule has 2 aromatic rings. The standard InChI is InChI=1S/C30H48P2/c1-15(2)21-13-23(31)29(27(19(9)10)25(21)17(5)6)30-24(32)14-22(16(3)4)26(18(7)8)28(30)20(11)12/h13-20H,31-32H2,1-12H3. The lowest BCUT2D eigenvalue weighted by Crippen LogP contribution is -2.20. The first kappa shape index (κ1) is 27.5. The second kappa shape index (κ2) is 10.7. The molecule has 0 saturated carbocycles. The van der Waals surface area contributed by atoms with Crippen LogP contribution in [0, 0.1) is 0 Å². The predicted molar refractivity (Wildman–Crippen MR) is 155 cm³/mol. The van der Waals surface area contributed by atoms with E-state index in [-0.39, 0.29) is 0 Å². The maximum absolute atomic E-state index is 3.11. The van der Waals surface area contributed by atoms with E-state index in [0.29, 0.717) is 35.5 Å². The highest BCUT2D eigenvalue weighted by Crippen LogP contribution is 2.44. The third kappa shape index (κ3) is 5.18. The largest absolute Gasteiger partial charge is 0.105 e. The van der Waals surface area contributed by atoms with Crippen LogP contribution in [0.3, 0.4) is 0 Å². The van der Waals surface area contributed by atoms with E-state index in [1.54, 1.807) is 22.3 Å². The van der Waals surface area contributed by atoms with Crippen LogP contribution >= 0.6 is 18.5 Å². The van der Waals surface area contributed by atoms with Crippen LogP contribution < -0.4 is 10.6 Å². The van der Waals surface area contributed by atoms with Crippen molar-refractivity contribution in [3.05, 3.63) is 45.5 Å². The van der Waals surface area contributed by atoms with Gasteiger partial charge in [0.2, 0.25) is 0 Å². The summed E-state index contributed by atoms with van der Waals surface area (Å²) in [6, 6.07) is 4.93. The quantitative estimate of drug-likeness (QED) is 0.354. The van der Waals surface area contributed by atoms with Gasteiger partial charge in [0, 0.05) is 0 Å². The molecule has 0 aromatic heterocycles. The van der Waals surface area contributed by atoms with Crippen molar-refractivity contribution < 1.29 is 0 Å². The Labute approximate surface area is 204 Å². The van der Waals surface area contributed by atoms with Crippen molar-refractivity contribution in [2.24, 2.45) is 0 Å². The van der Waals surface area contributed by atoms with Crippen molar-refractivity contribution in [3.63, 3.8) is 0 Å². The van der Waals surface area contributed by atoms with E-state index in [1.165, 1.54) is 32.9 Å². The maximum atomic E-state index is 3.11. The monoisotopic (exact) mass is 470 g/mol. The highest BCUT2D eigenvalue weighted by molar-refractivity contribution is 7.29. The molecule has 0 aliphatic heterocycles. The van der Waals surface area contributed by atoms with Gasteiger partial charge < -0.3 is 0 Å². The van der Waals surface area contributed by atoms with Gasteiger partial charge in [-0.25, -0.2) is 0 Å². The Morgan fingerprint density at radius 3 is 0.844 bits per heavy atom. The Kier molecular flexibility index (Phi) is 9.21. The zero-order valence-corrected chi connectivity index (χ0v) is 25.1. The lowest BCUT2D eigenvalue weighted by Gasteiger charge is -2.32. The second-order valence-corrected chi connectivity index (χ2v) is 12.7. The van der Waals surface area contributed by atoms with Gasteiger partial charge in [0.25, 0.3) is 0 Å². The van der Waals surface area contributed by atoms with E-state index in [4.69, 9.17) is 0 Å². The smallest absolute Gasteiger partial charge is 0.00653 e. The molecule has 2 rings (SSSR count). The van der Waals surface area contributed by atoms with Gasteiger partial charge in [0.05, 0.1) is 0 Å². The fraction of sp³-hybridized carbons (Fsp3) is 0.600. The summed E-state index contributed by atoms with van der Waals surface area (Å²) in [6.45, 7) is 28.3. The SMILES string of the molecule is CC(C)c1cc(P)c(-c2c(P)cc(C(C)C)c(C(C)C)c2C(C)C)c(C(C)C)c1C(C)C. The summed E-state index contributed by atoms with van der Waals surface area (Å²) in [5.74, 6) is 2.99. The molecule has 0 saturated heterocycles. The van der Waals surface area contributed by atoms with E-state index in [2.05, 4.69) is 114 Å². The zero-order valence-electron chi connectivity index (χ0n) is 22.8. The third-order valence-electron chi connectivity index (χ3n) is 6.74. The van der Waals surface area contributed by atoms with Crippen LogP contribution in [-0.4, -0.2) is 0 Å². The Hall–Kier alpha value is -0.700. The average molecular weight is 471 g/mol. The van der Waals surface area contributed by atoms with Crippen LogP contribution in [0.4, 0.5) is 0 Å². The Morgan fingerprint density at radius 1 is 0.406 bits per heavy atom. The molecule has 0 radical (unpaired) electrons. The molecular formula is C30H48P2. The molecule has 0 aliphatic rings. The lowest BCUT2D eigenvalue weighted by atomic mass is 9.75. The minimum Gasteiger partial charge on any atom is -0.105 e. The molecule has 0 bridgehead atoms. The summed E-state index contributed by atoms with van der Waals surface area (Å²) < 4.78 is 0. The summed E-state index contributed by atoms with van der Waals surface area (Å²) in [5.41, 5.74) is 12.2. The van der Waals surface area contributed by atoms with Gasteiger partial charge >= 0.3 is 0 Å². The molecule has 178 valence electrons. The fourth-order valence-electron chi connectivity index (χ4n) is 5.53. The van der Waals surface area contributed by atoms with Gasteiger partial charge in [-0.05, 0) is 90.6 Å². The van der Waals surface area contributed by atoms with E-state index >= 15 is 0 Å². The summed E-state index contributed by atoms with van der Waals surface area (Å²) in [6.07, 6.45) is 0. The van der Waals surface area contributed by atoms with Gasteiger partial charge in [0.1, 0.15) is 0 Å². The van der Waals surface area contributed by atoms with Gasteiger partial charge in [0.15, 0.2) is 0 Å². The van der Waals surface area contributed by atoms with E-state index in [0.717, 1.165) is 0 Å². The molecule has 0 nitrogen and oxygen atoms in total. The molecule has 0 spiro atoms. The van der Waals surface area contributed by atoms with Gasteiger partial charge in [-0.15, -0.1) is 18.5 Å². The Bertz CT molecular complexity index is 880. The van der Waals surface area contributed by atoms with Crippen LogP contribution in [0.2, 0.25) is 0 Å². The number of hydrogen-bond acceptors (Lipinski definition) is 0. The summed E-state index contributed by atoms with van der Waals surface area (Å²) >= 11 is 0. The molecular weight excluding hydrogens is 422 g/mol. The zero-order chi connectivity index (χ0) is 24.7. The predicted octanol–water partition coefficient (Wildman–Crippen LogP) is 9.09. The first-order valence-corrected chi connectivity index (χ1v) is 13.8. The average Bonchev–Trinajstić information content (AvgIpc) is 2.65. The van der Waals surface area contributed by atoms with Crippen LogP contribution in [0.1, 0.15) is 152 Å². The molecule has 0 aliphatic carbocycles. The normalized spacial score (nSPS) is 12.5. The molecule has 0 heterocycles. The molecule has 0 fully saturated rings. The summed E-state index contributed by atoms with van der Waals surface area (Å²) in [7, 11) is 6.22. The van der Waals surface area contributed by atoms with Crippen LogP contribution in [0.25, 0.3) is 11.1 Å². The van der Waals surface area contributed by atoms with Crippen molar-refractivity contribution in [2.75, 3.05) is 0 Å². The van der Waals surface area contributed by atoms with E-state index < -0.39 is 0 Å². The Morgan fingerprint density at radius 2 is 0.656 bits per heavy atom. The number of rotatable bonds is 7. The molecule has 2 aromatic carbocycles. The van der Waals surface area contributed by atoms with Crippen LogP contribution in [0.5, 0.6) is 0 Å². The number of hydrogen-bond donors (Lipinski definition) is 0. The first-order chi connectivity index (χ1) is 14.7. The molecule has 0 N–H and O–H groups in total. The summed E-state index contributed by atoms with van der Waals surface area (Å²) in [5, 5.41) is 2.69.